The summed E-state index contributed by atoms with van der Waals surface area (Å²) in [5.41, 5.74) is 2.85. The number of aromatic nitrogens is 2. The Balaban J connectivity index is 0.00000320. The summed E-state index contributed by atoms with van der Waals surface area (Å²) in [7, 11) is 0. The SMILES string of the molecule is CCCCCCCCCOCn1c(=N)n(CC[NH+]2CCCCC2)c2ccccc21.[Cl-]. The van der Waals surface area contributed by atoms with E-state index in [4.69, 9.17) is 10.1 Å². The zero-order valence-electron chi connectivity index (χ0n) is 18.8. The number of likely N-dealkylation sites (tertiary alicyclic amines) is 1. The second-order valence-electron chi connectivity index (χ2n) is 8.61. The van der Waals surface area contributed by atoms with Crippen molar-refractivity contribution in [1.29, 1.82) is 5.41 Å². The van der Waals surface area contributed by atoms with Gasteiger partial charge in [-0.15, -0.1) is 0 Å². The molecule has 0 spiro atoms. The topological polar surface area (TPSA) is 47.4 Å². The Bertz CT molecular complexity index is 779. The van der Waals surface area contributed by atoms with Crippen molar-refractivity contribution < 1.29 is 22.0 Å². The van der Waals surface area contributed by atoms with Crippen molar-refractivity contribution in [2.75, 3.05) is 26.2 Å². The van der Waals surface area contributed by atoms with Crippen molar-refractivity contribution in [3.63, 3.8) is 0 Å². The van der Waals surface area contributed by atoms with Crippen LogP contribution in [-0.2, 0) is 18.0 Å². The molecular formula is C24H41ClN4O. The van der Waals surface area contributed by atoms with Crippen molar-refractivity contribution in [2.24, 2.45) is 0 Å². The second-order valence-corrected chi connectivity index (χ2v) is 8.61. The Morgan fingerprint density at radius 3 is 2.23 bits per heavy atom. The smallest absolute Gasteiger partial charge is 0.205 e. The van der Waals surface area contributed by atoms with Crippen molar-refractivity contribution in [3.05, 3.63) is 29.9 Å². The minimum absolute atomic E-state index is 0. The van der Waals surface area contributed by atoms with E-state index >= 15 is 0 Å². The third-order valence-corrected chi connectivity index (χ3v) is 6.34. The lowest BCUT2D eigenvalue weighted by Crippen LogP contribution is -3.13. The van der Waals surface area contributed by atoms with Crippen molar-refractivity contribution in [3.8, 4) is 0 Å². The van der Waals surface area contributed by atoms with Gasteiger partial charge < -0.3 is 26.6 Å². The van der Waals surface area contributed by atoms with Crippen LogP contribution in [0.4, 0.5) is 0 Å². The Morgan fingerprint density at radius 1 is 0.900 bits per heavy atom. The van der Waals surface area contributed by atoms with E-state index in [0.717, 1.165) is 37.2 Å². The molecule has 6 heteroatoms. The van der Waals surface area contributed by atoms with Crippen LogP contribution in [-0.4, -0.2) is 35.4 Å². The summed E-state index contributed by atoms with van der Waals surface area (Å²) in [5.74, 6) is 0. The summed E-state index contributed by atoms with van der Waals surface area (Å²) < 4.78 is 10.2. The number of ether oxygens (including phenoxy) is 1. The Morgan fingerprint density at radius 2 is 1.53 bits per heavy atom. The molecule has 1 fully saturated rings. The van der Waals surface area contributed by atoms with Gasteiger partial charge in [0.05, 0.1) is 37.2 Å². The van der Waals surface area contributed by atoms with Gasteiger partial charge in [-0.3, -0.25) is 9.98 Å². The lowest BCUT2D eigenvalue weighted by molar-refractivity contribution is -0.905. The highest BCUT2D eigenvalue weighted by molar-refractivity contribution is 5.75. The maximum Gasteiger partial charge on any atom is 0.205 e. The number of quaternary nitrogens is 1. The van der Waals surface area contributed by atoms with Gasteiger partial charge in [0.15, 0.2) is 0 Å². The molecule has 3 rings (SSSR count). The maximum absolute atomic E-state index is 8.74. The maximum atomic E-state index is 8.74. The number of hydrogen-bond donors (Lipinski definition) is 2. The molecule has 1 aliphatic rings. The van der Waals surface area contributed by atoms with Crippen molar-refractivity contribution in [2.45, 2.75) is 84.4 Å². The standard InChI is InChI=1S/C24H40N4O.ClH/c1-2-3-4-5-6-7-13-20-29-21-28-23-15-10-9-14-22(23)27(24(28)25)19-18-26-16-11-8-12-17-26;/h9-10,14-15,25H,2-8,11-13,16-21H2,1H3;1H. The fraction of sp³-hybridized carbons (Fsp3) is 0.708. The fourth-order valence-electron chi connectivity index (χ4n) is 4.54. The van der Waals surface area contributed by atoms with E-state index in [1.165, 1.54) is 70.9 Å². The molecule has 1 saturated heterocycles. The first-order valence-corrected chi connectivity index (χ1v) is 11.9. The zero-order valence-corrected chi connectivity index (χ0v) is 19.6. The molecule has 2 N–H and O–H groups in total. The molecule has 0 amide bonds. The van der Waals surface area contributed by atoms with Gasteiger partial charge in [0.2, 0.25) is 5.62 Å². The number of nitrogens with zero attached hydrogens (tertiary/aromatic N) is 2. The summed E-state index contributed by atoms with van der Waals surface area (Å²) in [4.78, 5) is 1.69. The van der Waals surface area contributed by atoms with Crippen LogP contribution in [0.25, 0.3) is 11.0 Å². The number of benzene rings is 1. The molecule has 0 radical (unpaired) electrons. The van der Waals surface area contributed by atoms with Crippen LogP contribution in [0.3, 0.4) is 0 Å². The summed E-state index contributed by atoms with van der Waals surface area (Å²) in [6, 6.07) is 8.41. The van der Waals surface area contributed by atoms with Gasteiger partial charge in [-0.25, -0.2) is 0 Å². The molecule has 2 aromatic rings. The predicted octanol–water partition coefficient (Wildman–Crippen LogP) is 0.720. The average molecular weight is 437 g/mol. The highest BCUT2D eigenvalue weighted by Gasteiger charge is 2.16. The number of rotatable bonds is 13. The van der Waals surface area contributed by atoms with E-state index in [0.29, 0.717) is 12.3 Å². The van der Waals surface area contributed by atoms with E-state index in [9.17, 15) is 0 Å². The van der Waals surface area contributed by atoms with Gasteiger partial charge in [-0.1, -0.05) is 57.6 Å². The van der Waals surface area contributed by atoms with Gasteiger partial charge >= 0.3 is 0 Å². The average Bonchev–Trinajstić information content (AvgIpc) is 3.03. The fourth-order valence-corrected chi connectivity index (χ4v) is 4.54. The quantitative estimate of drug-likeness (QED) is 0.446. The number of fused-ring (bicyclic) bond motifs is 1. The minimum atomic E-state index is 0. The number of hydrogen-bond acceptors (Lipinski definition) is 2. The highest BCUT2D eigenvalue weighted by Crippen LogP contribution is 2.13. The number of piperidine rings is 1. The molecule has 0 saturated carbocycles. The first kappa shape index (κ1) is 25.0. The van der Waals surface area contributed by atoms with E-state index in [1.807, 2.05) is 4.57 Å². The van der Waals surface area contributed by atoms with Crippen LogP contribution in [0.2, 0.25) is 0 Å². The second kappa shape index (κ2) is 13.9. The van der Waals surface area contributed by atoms with Crippen LogP contribution >= 0.6 is 0 Å². The normalized spacial score (nSPS) is 14.8. The Kier molecular flexibility index (Phi) is 11.6. The van der Waals surface area contributed by atoms with Crippen LogP contribution in [0.5, 0.6) is 0 Å². The molecule has 5 nitrogen and oxygen atoms in total. The van der Waals surface area contributed by atoms with Crippen LogP contribution < -0.4 is 22.9 Å². The van der Waals surface area contributed by atoms with E-state index in [1.54, 1.807) is 4.90 Å². The molecule has 0 bridgehead atoms. The molecule has 0 atom stereocenters. The molecule has 1 aliphatic heterocycles. The number of para-hydroxylation sites is 2. The van der Waals surface area contributed by atoms with Gasteiger partial charge in [0.25, 0.3) is 0 Å². The summed E-state index contributed by atoms with van der Waals surface area (Å²) in [6.07, 6.45) is 13.2. The monoisotopic (exact) mass is 436 g/mol. The number of halogens is 1. The highest BCUT2D eigenvalue weighted by atomic mass is 35.5. The summed E-state index contributed by atoms with van der Waals surface area (Å²) in [6.45, 7) is 8.14. The van der Waals surface area contributed by atoms with E-state index < -0.39 is 0 Å². The predicted molar refractivity (Wildman–Crippen MR) is 119 cm³/mol. The van der Waals surface area contributed by atoms with Crippen molar-refractivity contribution in [1.82, 2.24) is 9.13 Å². The van der Waals surface area contributed by atoms with Crippen LogP contribution in [0.15, 0.2) is 24.3 Å². The molecule has 2 heterocycles. The third kappa shape index (κ3) is 7.14. The molecule has 0 unspecified atom stereocenters. The zero-order chi connectivity index (χ0) is 20.3. The van der Waals surface area contributed by atoms with Gasteiger partial charge in [-0.2, -0.15) is 0 Å². The van der Waals surface area contributed by atoms with Crippen molar-refractivity contribution >= 4 is 11.0 Å². The molecule has 1 aromatic carbocycles. The molecule has 1 aromatic heterocycles. The van der Waals surface area contributed by atoms with Gasteiger partial charge in [-0.05, 0) is 37.8 Å². The lowest BCUT2D eigenvalue weighted by Gasteiger charge is -2.23. The Hall–Kier alpha value is -1.30. The first-order chi connectivity index (χ1) is 14.3. The molecule has 0 aliphatic carbocycles. The molecule has 170 valence electrons. The van der Waals surface area contributed by atoms with Crippen LogP contribution in [0, 0.1) is 5.41 Å². The third-order valence-electron chi connectivity index (χ3n) is 6.34. The van der Waals surface area contributed by atoms with E-state index in [-0.39, 0.29) is 12.4 Å². The Labute approximate surface area is 188 Å². The number of unbranched alkanes of at least 4 members (excludes halogenated alkanes) is 6. The summed E-state index contributed by atoms with van der Waals surface area (Å²) >= 11 is 0. The van der Waals surface area contributed by atoms with Gasteiger partial charge in [0, 0.05) is 6.61 Å². The van der Waals surface area contributed by atoms with Gasteiger partial charge in [0.1, 0.15) is 6.73 Å². The minimum Gasteiger partial charge on any atom is -1.00 e. The first-order valence-electron chi connectivity index (χ1n) is 11.9. The number of imidazole rings is 1. The van der Waals surface area contributed by atoms with E-state index in [2.05, 4.69) is 35.8 Å². The largest absolute Gasteiger partial charge is 1.00 e. The molecular weight excluding hydrogens is 396 g/mol. The van der Waals surface area contributed by atoms with Crippen LogP contribution in [0.1, 0.15) is 71.1 Å². The molecule has 30 heavy (non-hydrogen) atoms. The number of nitrogens with one attached hydrogen (secondary N) is 2. The lowest BCUT2D eigenvalue weighted by atomic mass is 10.1. The summed E-state index contributed by atoms with van der Waals surface area (Å²) in [5, 5.41) is 8.74.